The molecular weight excluding hydrogens is 518 g/mol. The predicted octanol–water partition coefficient (Wildman–Crippen LogP) is 6.51. The van der Waals surface area contributed by atoms with Crippen molar-refractivity contribution in [1.29, 1.82) is 0 Å². The molecule has 0 saturated heterocycles. The lowest BCUT2D eigenvalue weighted by Gasteiger charge is -2.37. The molecule has 0 amide bonds. The third-order valence-electron chi connectivity index (χ3n) is 7.16. The highest BCUT2D eigenvalue weighted by Crippen LogP contribution is 2.33. The van der Waals surface area contributed by atoms with Crippen molar-refractivity contribution in [2.45, 2.75) is 5.16 Å². The van der Waals surface area contributed by atoms with Crippen molar-refractivity contribution in [3.05, 3.63) is 198 Å². The molecule has 0 atom stereocenters. The lowest BCUT2D eigenvalue weighted by Crippen LogP contribution is -2.46. The molecule has 0 aliphatic carbocycles. The Labute approximate surface area is 245 Å². The number of aromatic nitrogens is 2. The zero-order chi connectivity index (χ0) is 28.3. The maximum absolute atomic E-state index is 13.4. The number of benzene rings is 5. The van der Waals surface area contributed by atoms with Gasteiger partial charge in [0.25, 0.3) is 0 Å². The summed E-state index contributed by atoms with van der Waals surface area (Å²) in [7, 11) is 4.75. The first-order valence-electron chi connectivity index (χ1n) is 13.6. The van der Waals surface area contributed by atoms with Crippen molar-refractivity contribution < 1.29 is 4.39 Å². The predicted molar refractivity (Wildman–Crippen MR) is 172 cm³/mol. The fraction of sp³-hybridized carbons (Fsp3) is 0.0278. The monoisotopic (exact) mass is 548 g/mol. The highest BCUT2D eigenvalue weighted by Gasteiger charge is 2.36. The fourth-order valence-electron chi connectivity index (χ4n) is 5.17. The van der Waals surface area contributed by atoms with E-state index < -0.39 is 9.52 Å². The molecule has 6 rings (SSSR count). The molecule has 0 saturated carbocycles. The number of imidazole rings is 1. The molecule has 5 aromatic carbocycles. The van der Waals surface area contributed by atoms with Crippen LogP contribution in [0.5, 0.6) is 0 Å². The summed E-state index contributed by atoms with van der Waals surface area (Å²) in [5.74, 6) is 1.46. The summed E-state index contributed by atoms with van der Waals surface area (Å²) < 4.78 is 15.6. The quantitative estimate of drug-likeness (QED) is 0.208. The van der Waals surface area contributed by atoms with Crippen LogP contribution in [0.2, 0.25) is 0 Å². The zero-order valence-corrected chi connectivity index (χ0v) is 24.1. The van der Waals surface area contributed by atoms with Crippen LogP contribution in [0.3, 0.4) is 0 Å². The van der Waals surface area contributed by atoms with E-state index in [1.807, 2.05) is 79.4 Å². The summed E-state index contributed by atoms with van der Waals surface area (Å²) in [6.07, 6.45) is 5.73. The summed E-state index contributed by atoms with van der Waals surface area (Å²) >= 11 is 0. The Balaban J connectivity index is 0.000000191. The van der Waals surface area contributed by atoms with E-state index in [0.717, 1.165) is 16.7 Å². The zero-order valence-electron chi connectivity index (χ0n) is 22.7. The Morgan fingerprint density at radius 3 is 1.54 bits per heavy atom. The van der Waals surface area contributed by atoms with Gasteiger partial charge < -0.3 is 4.57 Å². The number of halogens is 1. The average Bonchev–Trinajstić information content (AvgIpc) is 3.59. The largest absolute Gasteiger partial charge is 0.326 e. The van der Waals surface area contributed by atoms with Crippen LogP contribution in [0.15, 0.2) is 170 Å². The van der Waals surface area contributed by atoms with Crippen LogP contribution in [0.25, 0.3) is 5.57 Å². The van der Waals surface area contributed by atoms with Gasteiger partial charge in [0, 0.05) is 12.4 Å². The fourth-order valence-corrected chi connectivity index (χ4v) is 7.48. The summed E-state index contributed by atoms with van der Waals surface area (Å²) in [4.78, 5) is 4.32. The van der Waals surface area contributed by atoms with Crippen LogP contribution in [-0.2, 0) is 5.16 Å². The number of nitrogens with zero attached hydrogens (tertiary/aromatic N) is 2. The van der Waals surface area contributed by atoms with E-state index in [-0.39, 0.29) is 11.0 Å². The second-order valence-electron chi connectivity index (χ2n) is 9.68. The van der Waals surface area contributed by atoms with Crippen LogP contribution in [-0.4, -0.2) is 26.9 Å². The van der Waals surface area contributed by atoms with E-state index in [1.54, 1.807) is 18.1 Å². The minimum Gasteiger partial charge on any atom is -0.326 e. The maximum Gasteiger partial charge on any atom is 0.123 e. The minimum atomic E-state index is -0.929. The van der Waals surface area contributed by atoms with E-state index in [9.17, 15) is 4.39 Å². The molecule has 0 fully saturated rings. The van der Waals surface area contributed by atoms with Crippen LogP contribution >= 0.6 is 0 Å². The maximum atomic E-state index is 13.4. The van der Waals surface area contributed by atoms with Gasteiger partial charge in [0.2, 0.25) is 0 Å². The molecule has 198 valence electrons. The van der Waals surface area contributed by atoms with Gasteiger partial charge in [-0.15, -0.1) is 5.98 Å². The Kier molecular flexibility index (Phi) is 9.20. The third kappa shape index (κ3) is 6.54. The molecule has 5 heteroatoms. The van der Waals surface area contributed by atoms with Gasteiger partial charge in [0.1, 0.15) is 13.7 Å². The Hall–Kier alpha value is -4.74. The van der Waals surface area contributed by atoms with E-state index in [0.29, 0.717) is 0 Å². The van der Waals surface area contributed by atoms with Crippen molar-refractivity contribution in [1.82, 2.24) is 9.55 Å². The molecule has 0 spiro atoms. The van der Waals surface area contributed by atoms with Crippen molar-refractivity contribution >= 4 is 28.1 Å². The molecule has 6 aromatic rings. The summed E-state index contributed by atoms with van der Waals surface area (Å²) in [6.45, 7) is 0. The first-order valence-corrected chi connectivity index (χ1v) is 15.0. The molecule has 0 N–H and O–H groups in total. The molecule has 1 heterocycles. The van der Waals surface area contributed by atoms with Gasteiger partial charge in [-0.05, 0) is 40.0 Å². The average molecular weight is 549 g/mol. The van der Waals surface area contributed by atoms with Gasteiger partial charge in [-0.3, -0.25) is 0 Å². The van der Waals surface area contributed by atoms with Crippen LogP contribution in [0.1, 0.15) is 22.3 Å². The lowest BCUT2D eigenvalue weighted by atomic mass is 9.92. The Morgan fingerprint density at radius 1 is 0.659 bits per heavy atom. The highest BCUT2D eigenvalue weighted by molar-refractivity contribution is 6.57. The van der Waals surface area contributed by atoms with Crippen LogP contribution in [0, 0.1) is 5.82 Å². The van der Waals surface area contributed by atoms with E-state index in [2.05, 4.69) is 82.3 Å². The summed E-state index contributed by atoms with van der Waals surface area (Å²) in [6, 6.07) is 48.3. The Morgan fingerprint density at radius 2 is 1.12 bits per heavy atom. The molecule has 41 heavy (non-hydrogen) atoms. The van der Waals surface area contributed by atoms with Crippen molar-refractivity contribution in [3.63, 3.8) is 0 Å². The van der Waals surface area contributed by atoms with Crippen LogP contribution < -0.4 is 5.19 Å². The lowest BCUT2D eigenvalue weighted by molar-refractivity contribution is 0.596. The first kappa shape index (κ1) is 27.8. The molecule has 0 unspecified atom stereocenters. The topological polar surface area (TPSA) is 17.8 Å². The third-order valence-corrected chi connectivity index (χ3v) is 9.73. The molecule has 2 radical (unpaired) electrons. The summed E-state index contributed by atoms with van der Waals surface area (Å²) in [5.41, 5.74) is 5.80. The molecule has 0 bridgehead atoms. The van der Waals surface area contributed by atoms with E-state index >= 15 is 0 Å². The first-order chi connectivity index (χ1) is 20.2. The molecular formula is C36H30BFN2Si. The van der Waals surface area contributed by atoms with Gasteiger partial charge in [-0.1, -0.05) is 139 Å². The molecule has 0 aliphatic heterocycles. The highest BCUT2D eigenvalue weighted by atomic mass is 28.2. The number of hydrogen-bond donors (Lipinski definition) is 0. The minimum absolute atomic E-state index is 0.199. The van der Waals surface area contributed by atoms with Gasteiger partial charge in [-0.25, -0.2) is 9.37 Å². The Bertz CT molecular complexity index is 1560. The van der Waals surface area contributed by atoms with Crippen LogP contribution in [0.4, 0.5) is 4.39 Å². The second kappa shape index (κ2) is 13.6. The van der Waals surface area contributed by atoms with Crippen molar-refractivity contribution in [2.24, 2.45) is 0 Å². The molecule has 1 aromatic heterocycles. The molecule has 0 aliphatic rings. The van der Waals surface area contributed by atoms with Gasteiger partial charge >= 0.3 is 0 Å². The van der Waals surface area contributed by atoms with E-state index in [4.69, 9.17) is 7.85 Å². The van der Waals surface area contributed by atoms with Gasteiger partial charge in [0.05, 0.1) is 21.0 Å². The van der Waals surface area contributed by atoms with Crippen molar-refractivity contribution in [3.8, 4) is 0 Å². The number of rotatable bonds is 7. The standard InChI is InChI=1S/C22H19FN2Si.C14H11B/c23-20-11-13-21(14-12-20)26-22(25-16-15-24-17-25,18-7-3-1-4-8-18)19-9-5-2-6-10-19;15-11-14(12-7-3-1-4-8-12)13-9-5-2-6-10-13/h1-17H,26H2;1-11H. The van der Waals surface area contributed by atoms with Gasteiger partial charge in [0.15, 0.2) is 0 Å². The smallest absolute Gasteiger partial charge is 0.123 e. The van der Waals surface area contributed by atoms with Gasteiger partial charge in [-0.2, -0.15) is 0 Å². The number of hydrogen-bond acceptors (Lipinski definition) is 1. The normalized spacial score (nSPS) is 11.0. The molecule has 2 nitrogen and oxygen atoms in total. The van der Waals surface area contributed by atoms with Crippen molar-refractivity contribution in [2.75, 3.05) is 0 Å². The second-order valence-corrected chi connectivity index (χ2v) is 11.9. The van der Waals surface area contributed by atoms with E-state index in [1.165, 1.54) is 16.3 Å². The SMILES string of the molecule is Fc1ccc([SiH2]C(c2ccccc2)(c2ccccc2)n2ccnc2)cc1.[B]C=C(c1ccccc1)c1ccccc1. The summed E-state index contributed by atoms with van der Waals surface area (Å²) in [5, 5.41) is 0.879.